The number of hydrogen-bond donors (Lipinski definition) is 2. The van der Waals surface area contributed by atoms with Crippen molar-refractivity contribution in [1.82, 2.24) is 10.3 Å². The zero-order valence-electron chi connectivity index (χ0n) is 14.5. The third kappa shape index (κ3) is 4.37. The summed E-state index contributed by atoms with van der Waals surface area (Å²) in [5.74, 6) is -0.268. The number of furan rings is 1. The number of thiazole rings is 1. The Labute approximate surface area is 155 Å². The van der Waals surface area contributed by atoms with Gasteiger partial charge in [-0.25, -0.2) is 4.98 Å². The summed E-state index contributed by atoms with van der Waals surface area (Å²) in [4.78, 5) is 28.5. The summed E-state index contributed by atoms with van der Waals surface area (Å²) in [5, 5.41) is 7.83. The van der Waals surface area contributed by atoms with Crippen molar-refractivity contribution in [3.63, 3.8) is 0 Å². The molecular weight excluding hydrogens is 350 g/mol. The topological polar surface area (TPSA) is 84.2 Å². The maximum Gasteiger partial charge on any atom is 0.293 e. The first-order valence-electron chi connectivity index (χ1n) is 8.17. The molecule has 0 aliphatic carbocycles. The molecule has 0 spiro atoms. The molecular formula is C19H19N3O3S. The van der Waals surface area contributed by atoms with Crippen LogP contribution in [0.25, 0.3) is 0 Å². The SMILES string of the molecule is Cc1ccccc1[C@@H](C)NC(=O)Cc1csc(NC(=O)c2ccco2)n1. The minimum atomic E-state index is -0.367. The quantitative estimate of drug-likeness (QED) is 0.694. The maximum absolute atomic E-state index is 12.3. The van der Waals surface area contributed by atoms with Crippen molar-refractivity contribution in [2.75, 3.05) is 5.32 Å². The molecule has 3 aromatic rings. The van der Waals surface area contributed by atoms with Crippen LogP contribution in [0.15, 0.2) is 52.5 Å². The van der Waals surface area contributed by atoms with Gasteiger partial charge in [-0.15, -0.1) is 11.3 Å². The third-order valence-corrected chi connectivity index (χ3v) is 4.70. The predicted octanol–water partition coefficient (Wildman–Crippen LogP) is 3.72. The van der Waals surface area contributed by atoms with Gasteiger partial charge in [-0.2, -0.15) is 0 Å². The molecule has 0 saturated heterocycles. The van der Waals surface area contributed by atoms with E-state index >= 15 is 0 Å². The summed E-state index contributed by atoms with van der Waals surface area (Å²) in [6.07, 6.45) is 1.59. The summed E-state index contributed by atoms with van der Waals surface area (Å²) in [7, 11) is 0. The van der Waals surface area contributed by atoms with Gasteiger partial charge in [0.15, 0.2) is 10.9 Å². The highest BCUT2D eigenvalue weighted by atomic mass is 32.1. The lowest BCUT2D eigenvalue weighted by Crippen LogP contribution is -2.28. The van der Waals surface area contributed by atoms with Crippen LogP contribution in [-0.2, 0) is 11.2 Å². The molecule has 2 amide bonds. The molecule has 6 nitrogen and oxygen atoms in total. The van der Waals surface area contributed by atoms with Crippen molar-refractivity contribution in [2.45, 2.75) is 26.3 Å². The van der Waals surface area contributed by atoms with Crippen LogP contribution in [0.3, 0.4) is 0 Å². The zero-order valence-corrected chi connectivity index (χ0v) is 15.3. The van der Waals surface area contributed by atoms with Gasteiger partial charge >= 0.3 is 0 Å². The lowest BCUT2D eigenvalue weighted by Gasteiger charge is -2.16. The van der Waals surface area contributed by atoms with E-state index in [0.717, 1.165) is 11.1 Å². The Hall–Kier alpha value is -2.93. The third-order valence-electron chi connectivity index (χ3n) is 3.89. The van der Waals surface area contributed by atoms with E-state index in [9.17, 15) is 9.59 Å². The van der Waals surface area contributed by atoms with Crippen molar-refractivity contribution in [1.29, 1.82) is 0 Å². The van der Waals surface area contributed by atoms with Crippen LogP contribution < -0.4 is 10.6 Å². The van der Waals surface area contributed by atoms with E-state index in [1.54, 1.807) is 17.5 Å². The zero-order chi connectivity index (χ0) is 18.5. The van der Waals surface area contributed by atoms with E-state index in [1.807, 2.05) is 38.1 Å². The summed E-state index contributed by atoms with van der Waals surface area (Å²) in [6, 6.07) is 11.1. The molecule has 0 aliphatic rings. The Morgan fingerprint density at radius 2 is 2.04 bits per heavy atom. The maximum atomic E-state index is 12.3. The Morgan fingerprint density at radius 3 is 2.77 bits per heavy atom. The summed E-state index contributed by atoms with van der Waals surface area (Å²) >= 11 is 1.27. The molecule has 7 heteroatoms. The minimum absolute atomic E-state index is 0.0829. The molecule has 2 N–H and O–H groups in total. The van der Waals surface area contributed by atoms with Gasteiger partial charge in [0.2, 0.25) is 5.91 Å². The molecule has 134 valence electrons. The summed E-state index contributed by atoms with van der Waals surface area (Å²) in [6.45, 7) is 3.97. The number of anilines is 1. The van der Waals surface area contributed by atoms with Gasteiger partial charge in [0.25, 0.3) is 5.91 Å². The van der Waals surface area contributed by atoms with Crippen LogP contribution >= 0.6 is 11.3 Å². The monoisotopic (exact) mass is 369 g/mol. The van der Waals surface area contributed by atoms with Gasteiger partial charge in [-0.1, -0.05) is 24.3 Å². The Bertz CT molecular complexity index is 902. The molecule has 0 aliphatic heterocycles. The van der Waals surface area contributed by atoms with Crippen molar-refractivity contribution in [2.24, 2.45) is 0 Å². The molecule has 0 fully saturated rings. The standard InChI is InChI=1S/C19H19N3O3S/c1-12-6-3-4-7-15(12)13(2)20-17(23)10-14-11-26-19(21-14)22-18(24)16-8-5-9-25-16/h3-9,11,13H,10H2,1-2H3,(H,20,23)(H,21,22,24)/t13-/m1/s1. The molecule has 0 saturated carbocycles. The van der Waals surface area contributed by atoms with Crippen LogP contribution in [0.4, 0.5) is 5.13 Å². The number of carbonyl (C=O) groups excluding carboxylic acids is 2. The number of aryl methyl sites for hydroxylation is 1. The molecule has 0 radical (unpaired) electrons. The van der Waals surface area contributed by atoms with Gasteiger partial charge < -0.3 is 9.73 Å². The smallest absolute Gasteiger partial charge is 0.293 e. The van der Waals surface area contributed by atoms with E-state index in [1.165, 1.54) is 17.6 Å². The molecule has 2 aromatic heterocycles. The first kappa shape index (κ1) is 17.9. The van der Waals surface area contributed by atoms with Gasteiger partial charge in [0.05, 0.1) is 24.4 Å². The van der Waals surface area contributed by atoms with Crippen molar-refractivity contribution < 1.29 is 14.0 Å². The molecule has 0 bridgehead atoms. The molecule has 26 heavy (non-hydrogen) atoms. The Morgan fingerprint density at radius 1 is 1.23 bits per heavy atom. The van der Waals surface area contributed by atoms with Crippen molar-refractivity contribution in [3.05, 3.63) is 70.6 Å². The first-order valence-corrected chi connectivity index (χ1v) is 9.05. The number of amides is 2. The minimum Gasteiger partial charge on any atom is -0.459 e. The first-order chi connectivity index (χ1) is 12.5. The van der Waals surface area contributed by atoms with Crippen molar-refractivity contribution >= 4 is 28.3 Å². The van der Waals surface area contributed by atoms with Crippen LogP contribution in [0.5, 0.6) is 0 Å². The Balaban J connectivity index is 1.56. The highest BCUT2D eigenvalue weighted by molar-refractivity contribution is 7.14. The average Bonchev–Trinajstić information content (AvgIpc) is 3.27. The number of aromatic nitrogens is 1. The number of nitrogens with one attached hydrogen (secondary N) is 2. The lowest BCUT2D eigenvalue weighted by atomic mass is 10.0. The highest BCUT2D eigenvalue weighted by Gasteiger charge is 2.15. The van der Waals surface area contributed by atoms with E-state index in [0.29, 0.717) is 10.8 Å². The fraction of sp³-hybridized carbons (Fsp3) is 0.211. The largest absolute Gasteiger partial charge is 0.459 e. The van der Waals surface area contributed by atoms with Crippen LogP contribution in [-0.4, -0.2) is 16.8 Å². The summed E-state index contributed by atoms with van der Waals surface area (Å²) in [5.41, 5.74) is 2.83. The number of hydrogen-bond acceptors (Lipinski definition) is 5. The number of benzene rings is 1. The summed E-state index contributed by atoms with van der Waals surface area (Å²) < 4.78 is 5.03. The average molecular weight is 369 g/mol. The lowest BCUT2D eigenvalue weighted by molar-refractivity contribution is -0.121. The molecule has 1 aromatic carbocycles. The van der Waals surface area contributed by atoms with Gasteiger partial charge in [0, 0.05) is 5.38 Å². The van der Waals surface area contributed by atoms with Crippen LogP contribution in [0.2, 0.25) is 0 Å². The number of nitrogens with zero attached hydrogens (tertiary/aromatic N) is 1. The van der Waals surface area contributed by atoms with E-state index in [4.69, 9.17) is 4.42 Å². The van der Waals surface area contributed by atoms with Gasteiger partial charge in [0.1, 0.15) is 0 Å². The molecule has 2 heterocycles. The molecule has 0 unspecified atom stereocenters. The van der Waals surface area contributed by atoms with Crippen molar-refractivity contribution in [3.8, 4) is 0 Å². The van der Waals surface area contributed by atoms with E-state index in [2.05, 4.69) is 15.6 Å². The second kappa shape index (κ2) is 7.97. The predicted molar refractivity (Wildman–Crippen MR) is 100 cm³/mol. The van der Waals surface area contributed by atoms with Crippen LogP contribution in [0.1, 0.15) is 40.3 Å². The number of carbonyl (C=O) groups is 2. The highest BCUT2D eigenvalue weighted by Crippen LogP contribution is 2.19. The van der Waals surface area contributed by atoms with Gasteiger partial charge in [-0.3, -0.25) is 14.9 Å². The second-order valence-corrected chi connectivity index (χ2v) is 6.76. The van der Waals surface area contributed by atoms with E-state index in [-0.39, 0.29) is 30.0 Å². The van der Waals surface area contributed by atoms with E-state index < -0.39 is 0 Å². The van der Waals surface area contributed by atoms with Crippen LogP contribution in [0, 0.1) is 6.92 Å². The Kier molecular flexibility index (Phi) is 5.48. The number of rotatable bonds is 6. The van der Waals surface area contributed by atoms with Gasteiger partial charge in [-0.05, 0) is 37.1 Å². The fourth-order valence-corrected chi connectivity index (χ4v) is 3.32. The molecule has 1 atom stereocenters. The fourth-order valence-electron chi connectivity index (χ4n) is 2.62. The molecule has 3 rings (SSSR count). The normalized spacial score (nSPS) is 11.8. The second-order valence-electron chi connectivity index (χ2n) is 5.90.